The molecule has 0 aliphatic carbocycles. The van der Waals surface area contributed by atoms with Crippen molar-refractivity contribution >= 4 is 27.3 Å². The van der Waals surface area contributed by atoms with Gasteiger partial charge in [-0.25, -0.2) is 8.42 Å². The molecule has 0 aromatic heterocycles. The van der Waals surface area contributed by atoms with Gasteiger partial charge in [-0.2, -0.15) is 0 Å². The number of ether oxygens (including phenoxy) is 1. The predicted octanol–water partition coefficient (Wildman–Crippen LogP) is 4.68. The zero-order valence-electron chi connectivity index (χ0n) is 17.1. The Bertz CT molecular complexity index is 1290. The lowest BCUT2D eigenvalue weighted by atomic mass is 10.1. The molecule has 0 saturated heterocycles. The van der Waals surface area contributed by atoms with Crippen molar-refractivity contribution in [1.29, 1.82) is 0 Å². The molecule has 1 heterocycles. The Balaban J connectivity index is 1.87. The smallest absolute Gasteiger partial charge is 0.290 e. The van der Waals surface area contributed by atoms with Gasteiger partial charge in [-0.1, -0.05) is 60.1 Å². The predicted molar refractivity (Wildman–Crippen MR) is 121 cm³/mol. The van der Waals surface area contributed by atoms with E-state index in [4.69, 9.17) is 16.3 Å². The van der Waals surface area contributed by atoms with E-state index in [2.05, 4.69) is 0 Å². The van der Waals surface area contributed by atoms with E-state index < -0.39 is 27.5 Å². The van der Waals surface area contributed by atoms with Crippen molar-refractivity contribution in [3.05, 3.63) is 106 Å². The van der Waals surface area contributed by atoms with Gasteiger partial charge in [0, 0.05) is 10.6 Å². The van der Waals surface area contributed by atoms with Gasteiger partial charge >= 0.3 is 0 Å². The highest BCUT2D eigenvalue weighted by molar-refractivity contribution is 7.95. The summed E-state index contributed by atoms with van der Waals surface area (Å²) in [4.78, 5) is 14.1. The maximum absolute atomic E-state index is 13.5. The summed E-state index contributed by atoms with van der Waals surface area (Å²) in [5, 5.41) is 11.2. The molecule has 1 N–H and O–H groups in total. The summed E-state index contributed by atoms with van der Waals surface area (Å²) < 4.78 is 32.4. The fourth-order valence-corrected chi connectivity index (χ4v) is 5.58. The quantitative estimate of drug-likeness (QED) is 0.567. The van der Waals surface area contributed by atoms with Crippen LogP contribution < -0.4 is 4.74 Å². The van der Waals surface area contributed by atoms with Crippen molar-refractivity contribution in [3.63, 3.8) is 0 Å². The van der Waals surface area contributed by atoms with Gasteiger partial charge in [-0.15, -0.1) is 0 Å². The molecular formula is C24H20ClNO5S. The molecule has 1 unspecified atom stereocenters. The summed E-state index contributed by atoms with van der Waals surface area (Å²) >= 11 is 6.03. The number of methoxy groups -OCH3 is 1. The number of sulfone groups is 1. The summed E-state index contributed by atoms with van der Waals surface area (Å²) in [6.07, 6.45) is 0. The van der Waals surface area contributed by atoms with E-state index in [1.165, 1.54) is 24.1 Å². The first-order valence-electron chi connectivity index (χ1n) is 9.76. The molecule has 8 heteroatoms. The van der Waals surface area contributed by atoms with Crippen LogP contribution in [0.4, 0.5) is 0 Å². The highest BCUT2D eigenvalue weighted by atomic mass is 35.5. The molecule has 0 radical (unpaired) electrons. The van der Waals surface area contributed by atoms with E-state index in [-0.39, 0.29) is 16.3 Å². The van der Waals surface area contributed by atoms with Crippen molar-refractivity contribution < 1.29 is 23.1 Å². The Morgan fingerprint density at radius 2 is 1.59 bits per heavy atom. The number of aliphatic hydroxyl groups excluding tert-OH is 1. The molecule has 3 aromatic rings. The number of para-hydroxylation sites is 1. The zero-order chi connectivity index (χ0) is 22.9. The summed E-state index contributed by atoms with van der Waals surface area (Å²) in [7, 11) is -2.65. The van der Waals surface area contributed by atoms with Crippen LogP contribution in [0.1, 0.15) is 17.2 Å². The average Bonchev–Trinajstić information content (AvgIpc) is 3.06. The number of nitrogens with zero attached hydrogens (tertiary/aromatic N) is 1. The first kappa shape index (κ1) is 21.9. The Hall–Kier alpha value is -3.29. The maximum atomic E-state index is 13.5. The zero-order valence-corrected chi connectivity index (χ0v) is 18.7. The Morgan fingerprint density at radius 1 is 0.969 bits per heavy atom. The third kappa shape index (κ3) is 3.85. The molecule has 32 heavy (non-hydrogen) atoms. The van der Waals surface area contributed by atoms with Crippen molar-refractivity contribution in [2.45, 2.75) is 17.5 Å². The van der Waals surface area contributed by atoms with Gasteiger partial charge in [0.15, 0.2) is 5.76 Å². The molecule has 4 rings (SSSR count). The molecule has 0 fully saturated rings. The lowest BCUT2D eigenvalue weighted by molar-refractivity contribution is -0.130. The number of aliphatic hydroxyl groups is 1. The highest BCUT2D eigenvalue weighted by Crippen LogP contribution is 2.43. The molecule has 164 valence electrons. The summed E-state index contributed by atoms with van der Waals surface area (Å²) in [5.74, 6) is -1.01. The topological polar surface area (TPSA) is 83.9 Å². The van der Waals surface area contributed by atoms with Crippen LogP contribution >= 0.6 is 11.6 Å². The fraction of sp³-hybridized carbons (Fsp3) is 0.125. The number of rotatable bonds is 6. The SMILES string of the molecule is COc1ccccc1CN1C(=O)C(O)=C(S(=O)(=O)c2ccccc2)C1c1ccc(Cl)cc1. The molecular weight excluding hydrogens is 450 g/mol. The molecule has 1 aliphatic heterocycles. The monoisotopic (exact) mass is 469 g/mol. The van der Waals surface area contributed by atoms with Crippen LogP contribution in [-0.4, -0.2) is 31.4 Å². The van der Waals surface area contributed by atoms with Crippen molar-refractivity contribution in [2.75, 3.05) is 7.11 Å². The standard InChI is InChI=1S/C24H20ClNO5S/c1-31-20-10-6-5-7-17(20)15-26-21(16-11-13-18(25)14-12-16)23(22(27)24(26)28)32(29,30)19-8-3-2-4-9-19/h2-14,21,27H,15H2,1H3. The van der Waals surface area contributed by atoms with Crippen LogP contribution in [0.15, 0.2) is 94.4 Å². The number of hydrogen-bond donors (Lipinski definition) is 1. The minimum atomic E-state index is -4.17. The minimum absolute atomic E-state index is 0.00699. The van der Waals surface area contributed by atoms with Gasteiger partial charge in [0.2, 0.25) is 9.84 Å². The molecule has 6 nitrogen and oxygen atoms in total. The van der Waals surface area contributed by atoms with Gasteiger partial charge < -0.3 is 14.7 Å². The van der Waals surface area contributed by atoms with Crippen LogP contribution in [0, 0.1) is 0 Å². The van der Waals surface area contributed by atoms with Gasteiger partial charge in [-0.05, 0) is 35.9 Å². The van der Waals surface area contributed by atoms with Gasteiger partial charge in [0.05, 0.1) is 24.6 Å². The van der Waals surface area contributed by atoms with Gasteiger partial charge in [0.25, 0.3) is 5.91 Å². The summed E-state index contributed by atoms with van der Waals surface area (Å²) in [6, 6.07) is 20.4. The summed E-state index contributed by atoms with van der Waals surface area (Å²) in [5.41, 5.74) is 1.18. The van der Waals surface area contributed by atoms with Crippen molar-refractivity contribution in [1.82, 2.24) is 4.90 Å². The second-order valence-corrected chi connectivity index (χ2v) is 9.58. The number of amides is 1. The molecule has 3 aromatic carbocycles. The Morgan fingerprint density at radius 3 is 2.25 bits per heavy atom. The largest absolute Gasteiger partial charge is 0.502 e. The third-order valence-electron chi connectivity index (χ3n) is 5.32. The first-order chi connectivity index (χ1) is 15.3. The van der Waals surface area contributed by atoms with Crippen molar-refractivity contribution in [3.8, 4) is 5.75 Å². The number of carbonyl (C=O) groups is 1. The van der Waals surface area contributed by atoms with E-state index in [0.717, 1.165) is 0 Å². The molecule has 1 aliphatic rings. The maximum Gasteiger partial charge on any atom is 0.290 e. The average molecular weight is 470 g/mol. The summed E-state index contributed by atoms with van der Waals surface area (Å²) in [6.45, 7) is 0.0357. The van der Waals surface area contributed by atoms with Crippen LogP contribution in [0.25, 0.3) is 0 Å². The molecule has 1 amide bonds. The normalized spacial score (nSPS) is 16.5. The fourth-order valence-electron chi connectivity index (χ4n) is 3.79. The number of carbonyl (C=O) groups excluding carboxylic acids is 1. The molecule has 0 spiro atoms. The third-order valence-corrected chi connectivity index (χ3v) is 7.46. The van der Waals surface area contributed by atoms with E-state index in [1.807, 2.05) is 0 Å². The lowest BCUT2D eigenvalue weighted by Crippen LogP contribution is -2.30. The van der Waals surface area contributed by atoms with Gasteiger partial charge in [0.1, 0.15) is 10.7 Å². The Kier molecular flexibility index (Phi) is 5.95. The first-order valence-corrected chi connectivity index (χ1v) is 11.6. The number of hydrogen-bond acceptors (Lipinski definition) is 5. The van der Waals surface area contributed by atoms with Crippen LogP contribution in [0.2, 0.25) is 5.02 Å². The van der Waals surface area contributed by atoms with E-state index in [9.17, 15) is 18.3 Å². The highest BCUT2D eigenvalue weighted by Gasteiger charge is 2.47. The minimum Gasteiger partial charge on any atom is -0.502 e. The number of halogens is 1. The Labute approximate surface area is 191 Å². The van der Waals surface area contributed by atoms with Crippen LogP contribution in [0.3, 0.4) is 0 Å². The number of benzene rings is 3. The van der Waals surface area contributed by atoms with E-state index in [1.54, 1.807) is 66.7 Å². The van der Waals surface area contributed by atoms with Crippen molar-refractivity contribution in [2.24, 2.45) is 0 Å². The van der Waals surface area contributed by atoms with Crippen LogP contribution in [-0.2, 0) is 21.2 Å². The molecule has 1 atom stereocenters. The molecule has 0 saturated carbocycles. The lowest BCUT2D eigenvalue weighted by Gasteiger charge is -2.27. The van der Waals surface area contributed by atoms with E-state index >= 15 is 0 Å². The van der Waals surface area contributed by atoms with Gasteiger partial charge in [-0.3, -0.25) is 4.79 Å². The second kappa shape index (κ2) is 8.68. The van der Waals surface area contributed by atoms with Crippen LogP contribution in [0.5, 0.6) is 5.75 Å². The molecule has 0 bridgehead atoms. The van der Waals surface area contributed by atoms with E-state index in [0.29, 0.717) is 21.9 Å². The second-order valence-electron chi connectivity index (χ2n) is 7.23.